The molecule has 0 fully saturated rings. The van der Waals surface area contributed by atoms with Crippen molar-refractivity contribution in [1.29, 1.82) is 0 Å². The maximum atomic E-state index is 12.4. The zero-order valence-corrected chi connectivity index (χ0v) is 39.6. The third kappa shape index (κ3) is 44.4. The molecule has 0 aromatic heterocycles. The molecule has 0 spiro atoms. The summed E-state index contributed by atoms with van der Waals surface area (Å²) in [5.41, 5.74) is 0. The van der Waals surface area contributed by atoms with Gasteiger partial charge in [-0.05, 0) is 51.4 Å². The van der Waals surface area contributed by atoms with E-state index in [1.807, 2.05) is 6.08 Å². The standard InChI is InChI=1S/C54H103NO4/c1-3-5-7-9-11-13-14-15-16-17-18-19-20-21-22-23-24-25-26-27-28-29-30-31-32-33-34-35-36-37-38-39-41-43-45-47-49-53(58)54(59)55-51(50-56)52(57)48-46-44-42-40-12-10-8-6-4-2/h22-23,25-26,46,48,51-53,56-58H,3-21,24,27-45,47,49-50H2,1-2H3,(H,55,59)/b23-22-,26-25-,48-46+. The first kappa shape index (κ1) is 57.6. The van der Waals surface area contributed by atoms with Gasteiger partial charge in [-0.1, -0.05) is 262 Å². The van der Waals surface area contributed by atoms with Gasteiger partial charge in [-0.25, -0.2) is 0 Å². The van der Waals surface area contributed by atoms with Crippen molar-refractivity contribution >= 4 is 5.91 Å². The van der Waals surface area contributed by atoms with Crippen molar-refractivity contribution in [3.8, 4) is 0 Å². The normalized spacial score (nSPS) is 13.6. The van der Waals surface area contributed by atoms with Gasteiger partial charge in [0.25, 0.3) is 0 Å². The molecule has 0 aliphatic heterocycles. The molecule has 0 bridgehead atoms. The Balaban J connectivity index is 3.46. The molecule has 0 aliphatic rings. The SMILES string of the molecule is CCCCCCCCC/C=C/C(O)C(CO)NC(=O)C(O)CCCCCCCCCCCCCCCCCC/C=C\C/C=C\CCCCCCCCCCCCCCC. The number of hydrogen-bond donors (Lipinski definition) is 4. The molecule has 0 saturated carbocycles. The monoisotopic (exact) mass is 830 g/mol. The lowest BCUT2D eigenvalue weighted by molar-refractivity contribution is -0.131. The second kappa shape index (κ2) is 49.2. The number of allylic oxidation sites excluding steroid dienone is 5. The molecule has 59 heavy (non-hydrogen) atoms. The Morgan fingerprint density at radius 3 is 1.07 bits per heavy atom. The highest BCUT2D eigenvalue weighted by Crippen LogP contribution is 2.16. The minimum absolute atomic E-state index is 0.363. The van der Waals surface area contributed by atoms with Crippen molar-refractivity contribution < 1.29 is 20.1 Å². The number of nitrogens with one attached hydrogen (secondary N) is 1. The van der Waals surface area contributed by atoms with Crippen molar-refractivity contribution in [2.45, 2.75) is 295 Å². The number of carbonyl (C=O) groups is 1. The summed E-state index contributed by atoms with van der Waals surface area (Å²) in [6.07, 6.45) is 63.8. The van der Waals surface area contributed by atoms with Crippen LogP contribution in [0.2, 0.25) is 0 Å². The van der Waals surface area contributed by atoms with Gasteiger partial charge in [0.2, 0.25) is 5.91 Å². The highest BCUT2D eigenvalue weighted by Gasteiger charge is 2.22. The number of aliphatic hydroxyl groups is 3. The van der Waals surface area contributed by atoms with Crippen LogP contribution in [-0.2, 0) is 4.79 Å². The van der Waals surface area contributed by atoms with Crippen LogP contribution in [0.25, 0.3) is 0 Å². The molecule has 348 valence electrons. The second-order valence-corrected chi connectivity index (χ2v) is 18.1. The molecular weight excluding hydrogens is 727 g/mol. The fraction of sp³-hybridized carbons (Fsp3) is 0.870. The molecule has 0 aromatic rings. The highest BCUT2D eigenvalue weighted by atomic mass is 16.3. The Labute approximate surface area is 368 Å². The van der Waals surface area contributed by atoms with Crippen molar-refractivity contribution in [3.63, 3.8) is 0 Å². The Morgan fingerprint density at radius 2 is 0.729 bits per heavy atom. The molecular formula is C54H103NO4. The molecule has 4 N–H and O–H groups in total. The lowest BCUT2D eigenvalue weighted by Gasteiger charge is -2.21. The van der Waals surface area contributed by atoms with E-state index in [1.165, 1.54) is 218 Å². The summed E-state index contributed by atoms with van der Waals surface area (Å²) in [7, 11) is 0. The summed E-state index contributed by atoms with van der Waals surface area (Å²) in [6, 6.07) is -0.795. The number of aliphatic hydroxyl groups excluding tert-OH is 3. The predicted octanol–water partition coefficient (Wildman–Crippen LogP) is 15.9. The molecule has 0 heterocycles. The van der Waals surface area contributed by atoms with Gasteiger partial charge in [0.05, 0.1) is 18.8 Å². The Morgan fingerprint density at radius 1 is 0.424 bits per heavy atom. The third-order valence-corrected chi connectivity index (χ3v) is 12.2. The van der Waals surface area contributed by atoms with Crippen LogP contribution in [0.4, 0.5) is 0 Å². The number of hydrogen-bond acceptors (Lipinski definition) is 4. The van der Waals surface area contributed by atoms with E-state index >= 15 is 0 Å². The molecule has 0 radical (unpaired) electrons. The van der Waals surface area contributed by atoms with Crippen molar-refractivity contribution in [3.05, 3.63) is 36.5 Å². The minimum Gasteiger partial charge on any atom is -0.394 e. The van der Waals surface area contributed by atoms with Gasteiger partial charge in [0.1, 0.15) is 6.10 Å². The Kier molecular flexibility index (Phi) is 48.0. The zero-order chi connectivity index (χ0) is 43.0. The fourth-order valence-electron chi connectivity index (χ4n) is 8.10. The van der Waals surface area contributed by atoms with E-state index in [0.717, 1.165) is 38.5 Å². The van der Waals surface area contributed by atoms with Crippen molar-refractivity contribution in [2.24, 2.45) is 0 Å². The van der Waals surface area contributed by atoms with Gasteiger partial charge >= 0.3 is 0 Å². The smallest absolute Gasteiger partial charge is 0.249 e. The van der Waals surface area contributed by atoms with E-state index < -0.39 is 24.2 Å². The number of rotatable bonds is 48. The van der Waals surface area contributed by atoms with Gasteiger partial charge in [-0.15, -0.1) is 0 Å². The van der Waals surface area contributed by atoms with Crippen LogP contribution in [-0.4, -0.2) is 46.1 Å². The molecule has 1 amide bonds. The van der Waals surface area contributed by atoms with Gasteiger partial charge in [-0.2, -0.15) is 0 Å². The number of carbonyl (C=O) groups excluding carboxylic acids is 1. The molecule has 3 unspecified atom stereocenters. The summed E-state index contributed by atoms with van der Waals surface area (Å²) in [6.45, 7) is 4.16. The van der Waals surface area contributed by atoms with Crippen molar-refractivity contribution in [1.82, 2.24) is 5.32 Å². The van der Waals surface area contributed by atoms with Crippen LogP contribution in [0.15, 0.2) is 36.5 Å². The molecule has 5 heteroatoms. The second-order valence-electron chi connectivity index (χ2n) is 18.1. The van der Waals surface area contributed by atoms with Crippen molar-refractivity contribution in [2.75, 3.05) is 6.61 Å². The molecule has 0 rings (SSSR count). The van der Waals surface area contributed by atoms with Crippen LogP contribution in [0.1, 0.15) is 277 Å². The molecule has 3 atom stereocenters. The van der Waals surface area contributed by atoms with Crippen LogP contribution in [0.5, 0.6) is 0 Å². The maximum absolute atomic E-state index is 12.4. The largest absolute Gasteiger partial charge is 0.394 e. The first-order chi connectivity index (χ1) is 29.1. The van der Waals surface area contributed by atoms with E-state index in [1.54, 1.807) is 6.08 Å². The summed E-state index contributed by atoms with van der Waals surface area (Å²) < 4.78 is 0. The summed E-state index contributed by atoms with van der Waals surface area (Å²) in [5, 5.41) is 33.0. The summed E-state index contributed by atoms with van der Waals surface area (Å²) in [5.74, 6) is -0.504. The lowest BCUT2D eigenvalue weighted by Crippen LogP contribution is -2.48. The van der Waals surface area contributed by atoms with Gasteiger partial charge in [0.15, 0.2) is 0 Å². The van der Waals surface area contributed by atoms with Crippen LogP contribution < -0.4 is 5.32 Å². The zero-order valence-electron chi connectivity index (χ0n) is 39.6. The van der Waals surface area contributed by atoms with Gasteiger partial charge in [-0.3, -0.25) is 4.79 Å². The number of unbranched alkanes of at least 4 members (excludes halogenated alkanes) is 36. The molecule has 0 saturated heterocycles. The first-order valence-corrected chi connectivity index (χ1v) is 26.3. The average molecular weight is 830 g/mol. The van der Waals surface area contributed by atoms with E-state index in [-0.39, 0.29) is 6.61 Å². The van der Waals surface area contributed by atoms with E-state index in [0.29, 0.717) is 6.42 Å². The van der Waals surface area contributed by atoms with Gasteiger partial charge < -0.3 is 20.6 Å². The Bertz CT molecular complexity index is 916. The number of amides is 1. The van der Waals surface area contributed by atoms with Gasteiger partial charge in [0, 0.05) is 0 Å². The van der Waals surface area contributed by atoms with Crippen LogP contribution in [0.3, 0.4) is 0 Å². The summed E-state index contributed by atoms with van der Waals surface area (Å²) >= 11 is 0. The highest BCUT2D eigenvalue weighted by molar-refractivity contribution is 5.80. The Hall–Kier alpha value is -1.43. The fourth-order valence-corrected chi connectivity index (χ4v) is 8.10. The maximum Gasteiger partial charge on any atom is 0.249 e. The topological polar surface area (TPSA) is 89.8 Å². The molecule has 5 nitrogen and oxygen atoms in total. The average Bonchev–Trinajstić information content (AvgIpc) is 3.24. The first-order valence-electron chi connectivity index (χ1n) is 26.3. The minimum atomic E-state index is -1.10. The van der Waals surface area contributed by atoms with E-state index in [4.69, 9.17) is 0 Å². The molecule has 0 aliphatic carbocycles. The quantitative estimate of drug-likeness (QED) is 0.0363. The molecule has 0 aromatic carbocycles. The summed E-state index contributed by atoms with van der Waals surface area (Å²) in [4.78, 5) is 12.4. The van der Waals surface area contributed by atoms with Crippen LogP contribution >= 0.6 is 0 Å². The van der Waals surface area contributed by atoms with E-state index in [9.17, 15) is 20.1 Å². The third-order valence-electron chi connectivity index (χ3n) is 12.2. The van der Waals surface area contributed by atoms with Crippen LogP contribution in [0, 0.1) is 0 Å². The lowest BCUT2D eigenvalue weighted by atomic mass is 10.0. The van der Waals surface area contributed by atoms with E-state index in [2.05, 4.69) is 43.5 Å². The predicted molar refractivity (Wildman–Crippen MR) is 259 cm³/mol.